The van der Waals surface area contributed by atoms with E-state index in [-0.39, 0.29) is 17.5 Å². The van der Waals surface area contributed by atoms with E-state index in [1.165, 1.54) is 12.1 Å². The lowest BCUT2D eigenvalue weighted by molar-refractivity contribution is 0.0959. The number of amides is 2. The molecule has 1 heterocycles. The van der Waals surface area contributed by atoms with E-state index in [0.29, 0.717) is 27.7 Å². The first-order chi connectivity index (χ1) is 14.4. The van der Waals surface area contributed by atoms with Gasteiger partial charge >= 0.3 is 0 Å². The minimum absolute atomic E-state index is 0.200. The zero-order valence-corrected chi connectivity index (χ0v) is 18.1. The number of hydrogen-bond acceptors (Lipinski definition) is 2. The zero-order chi connectivity index (χ0) is 21.4. The molecule has 30 heavy (non-hydrogen) atoms. The second-order valence-electron chi connectivity index (χ2n) is 7.33. The Morgan fingerprint density at radius 3 is 2.67 bits per heavy atom. The fourth-order valence-electron chi connectivity index (χ4n) is 3.83. The lowest BCUT2D eigenvalue weighted by Gasteiger charge is -2.19. The van der Waals surface area contributed by atoms with Crippen molar-refractivity contribution < 1.29 is 14.0 Å². The predicted octanol–water partition coefficient (Wildman–Crippen LogP) is 5.54. The minimum Gasteiger partial charge on any atom is -0.341 e. The topological polar surface area (TPSA) is 58.2 Å². The summed E-state index contributed by atoms with van der Waals surface area (Å²) in [5.41, 5.74) is 4.70. The van der Waals surface area contributed by atoms with E-state index < -0.39 is 11.7 Å². The number of carbonyl (C=O) groups excluding carboxylic acids is 2. The summed E-state index contributed by atoms with van der Waals surface area (Å²) in [6, 6.07) is 15.3. The monoisotopic (exact) mass is 466 g/mol. The van der Waals surface area contributed by atoms with Crippen LogP contribution < -0.4 is 10.6 Å². The molecule has 152 valence electrons. The first-order valence-electron chi connectivity index (χ1n) is 9.68. The van der Waals surface area contributed by atoms with Gasteiger partial charge in [0, 0.05) is 26.9 Å². The molecule has 0 saturated heterocycles. The van der Waals surface area contributed by atoms with Crippen molar-refractivity contribution in [3.63, 3.8) is 0 Å². The molecule has 0 fully saturated rings. The lowest BCUT2D eigenvalue weighted by Crippen LogP contribution is -2.21. The molecule has 3 aromatic rings. The highest BCUT2D eigenvalue weighted by Gasteiger charge is 2.34. The maximum atomic E-state index is 13.9. The van der Waals surface area contributed by atoms with Crippen LogP contribution in [0.5, 0.6) is 0 Å². The Labute approximate surface area is 182 Å². The van der Waals surface area contributed by atoms with Crippen molar-refractivity contribution in [3.05, 3.63) is 98.3 Å². The van der Waals surface area contributed by atoms with Gasteiger partial charge in [0.2, 0.25) is 0 Å². The van der Waals surface area contributed by atoms with Crippen LogP contribution in [0.3, 0.4) is 0 Å². The standard InChI is InChI=1S/C24H20BrFN2O2/c1-3-14-8-15(10-17(26)9-14)23(29)27-20-12-16(25)11-19-21(20)22(28-24(19)30)18-7-5-4-6-13(18)2/h4-12,22H,3H2,1-2H3,(H,27,29)(H,28,30). The highest BCUT2D eigenvalue weighted by atomic mass is 79.9. The molecule has 0 aromatic heterocycles. The van der Waals surface area contributed by atoms with Crippen LogP contribution in [-0.4, -0.2) is 11.8 Å². The number of anilines is 1. The average Bonchev–Trinajstić information content (AvgIpc) is 3.04. The van der Waals surface area contributed by atoms with Crippen LogP contribution in [0.1, 0.15) is 55.9 Å². The number of carbonyl (C=O) groups is 2. The summed E-state index contributed by atoms with van der Waals surface area (Å²) in [6.45, 7) is 3.89. The summed E-state index contributed by atoms with van der Waals surface area (Å²) in [6.07, 6.45) is 0.623. The van der Waals surface area contributed by atoms with Gasteiger partial charge in [-0.1, -0.05) is 47.1 Å². The smallest absolute Gasteiger partial charge is 0.255 e. The number of rotatable bonds is 4. The Bertz CT molecular complexity index is 1180. The van der Waals surface area contributed by atoms with E-state index >= 15 is 0 Å². The third-order valence-electron chi connectivity index (χ3n) is 5.33. The van der Waals surface area contributed by atoms with Crippen LogP contribution >= 0.6 is 15.9 Å². The summed E-state index contributed by atoms with van der Waals surface area (Å²) in [5.74, 6) is -1.07. The Morgan fingerprint density at radius 2 is 1.93 bits per heavy atom. The van der Waals surface area contributed by atoms with E-state index in [1.54, 1.807) is 18.2 Å². The molecule has 0 aliphatic carbocycles. The van der Waals surface area contributed by atoms with E-state index in [9.17, 15) is 14.0 Å². The number of aryl methyl sites for hydroxylation is 2. The summed E-state index contributed by atoms with van der Waals surface area (Å²) in [4.78, 5) is 25.6. The Kier molecular flexibility index (Phi) is 5.43. The molecule has 1 unspecified atom stereocenters. The van der Waals surface area contributed by atoms with Gasteiger partial charge in [-0.2, -0.15) is 0 Å². The fourth-order valence-corrected chi connectivity index (χ4v) is 4.28. The van der Waals surface area contributed by atoms with Gasteiger partial charge in [-0.05, 0) is 60.4 Å². The van der Waals surface area contributed by atoms with Gasteiger partial charge in [0.05, 0.1) is 6.04 Å². The molecule has 2 N–H and O–H groups in total. The van der Waals surface area contributed by atoms with Gasteiger partial charge in [0.15, 0.2) is 0 Å². The van der Waals surface area contributed by atoms with E-state index in [0.717, 1.165) is 16.7 Å². The molecular weight excluding hydrogens is 447 g/mol. The van der Waals surface area contributed by atoms with Gasteiger partial charge in [-0.3, -0.25) is 9.59 Å². The second kappa shape index (κ2) is 8.03. The fraction of sp³-hybridized carbons (Fsp3) is 0.167. The van der Waals surface area contributed by atoms with Crippen LogP contribution in [0.15, 0.2) is 59.1 Å². The maximum Gasteiger partial charge on any atom is 0.255 e. The predicted molar refractivity (Wildman–Crippen MR) is 118 cm³/mol. The summed E-state index contributed by atoms with van der Waals surface area (Å²) in [7, 11) is 0. The molecule has 1 atom stereocenters. The van der Waals surface area contributed by atoms with E-state index in [1.807, 2.05) is 38.1 Å². The first kappa shape index (κ1) is 20.3. The van der Waals surface area contributed by atoms with Gasteiger partial charge in [0.1, 0.15) is 5.82 Å². The van der Waals surface area contributed by atoms with E-state index in [4.69, 9.17) is 0 Å². The Balaban J connectivity index is 1.78. The first-order valence-corrected chi connectivity index (χ1v) is 10.5. The lowest BCUT2D eigenvalue weighted by atomic mass is 9.93. The molecule has 4 rings (SSSR count). The second-order valence-corrected chi connectivity index (χ2v) is 8.25. The van der Waals surface area contributed by atoms with Crippen molar-refractivity contribution in [2.45, 2.75) is 26.3 Å². The van der Waals surface area contributed by atoms with Crippen LogP contribution in [0.4, 0.5) is 10.1 Å². The number of benzene rings is 3. The Hall–Kier alpha value is -2.99. The SMILES string of the molecule is CCc1cc(F)cc(C(=O)Nc2cc(Br)cc3c2C(c2ccccc2C)NC3=O)c1. The zero-order valence-electron chi connectivity index (χ0n) is 16.6. The average molecular weight is 467 g/mol. The van der Waals surface area contributed by atoms with Crippen LogP contribution in [-0.2, 0) is 6.42 Å². The molecule has 1 aliphatic rings. The van der Waals surface area contributed by atoms with Crippen LogP contribution in [0.2, 0.25) is 0 Å². The summed E-state index contributed by atoms with van der Waals surface area (Å²) < 4.78 is 14.6. The molecule has 6 heteroatoms. The molecule has 0 bridgehead atoms. The summed E-state index contributed by atoms with van der Waals surface area (Å²) >= 11 is 3.42. The minimum atomic E-state index is -0.450. The van der Waals surface area contributed by atoms with Crippen molar-refractivity contribution in [3.8, 4) is 0 Å². The Morgan fingerprint density at radius 1 is 1.17 bits per heavy atom. The molecule has 0 radical (unpaired) electrons. The third kappa shape index (κ3) is 3.75. The molecule has 1 aliphatic heterocycles. The highest BCUT2D eigenvalue weighted by molar-refractivity contribution is 9.10. The molecule has 3 aromatic carbocycles. The van der Waals surface area contributed by atoms with Crippen molar-refractivity contribution in [2.24, 2.45) is 0 Å². The van der Waals surface area contributed by atoms with Crippen LogP contribution in [0, 0.1) is 12.7 Å². The number of fused-ring (bicyclic) bond motifs is 1. The maximum absolute atomic E-state index is 13.9. The number of hydrogen-bond donors (Lipinski definition) is 2. The van der Waals surface area contributed by atoms with Crippen molar-refractivity contribution in [1.29, 1.82) is 0 Å². The number of nitrogens with one attached hydrogen (secondary N) is 2. The van der Waals surface area contributed by atoms with Gasteiger partial charge < -0.3 is 10.6 Å². The molecule has 0 saturated carbocycles. The van der Waals surface area contributed by atoms with Gasteiger partial charge in [-0.25, -0.2) is 4.39 Å². The van der Waals surface area contributed by atoms with Gasteiger partial charge in [0.25, 0.3) is 11.8 Å². The molecule has 4 nitrogen and oxygen atoms in total. The van der Waals surface area contributed by atoms with E-state index in [2.05, 4.69) is 26.6 Å². The van der Waals surface area contributed by atoms with Gasteiger partial charge in [-0.15, -0.1) is 0 Å². The van der Waals surface area contributed by atoms with Crippen molar-refractivity contribution in [2.75, 3.05) is 5.32 Å². The number of halogens is 2. The van der Waals surface area contributed by atoms with Crippen LogP contribution in [0.25, 0.3) is 0 Å². The quantitative estimate of drug-likeness (QED) is 0.529. The summed E-state index contributed by atoms with van der Waals surface area (Å²) in [5, 5.41) is 5.90. The molecular formula is C24H20BrFN2O2. The molecule has 2 amide bonds. The largest absolute Gasteiger partial charge is 0.341 e. The molecule has 0 spiro atoms. The van der Waals surface area contributed by atoms with Crippen molar-refractivity contribution >= 4 is 33.4 Å². The highest BCUT2D eigenvalue weighted by Crippen LogP contribution is 2.39. The normalized spacial score (nSPS) is 14.9. The third-order valence-corrected chi connectivity index (χ3v) is 5.79. The van der Waals surface area contributed by atoms with Crippen molar-refractivity contribution in [1.82, 2.24) is 5.32 Å².